The highest BCUT2D eigenvalue weighted by atomic mass is 35.5. The number of hydrogen-bond donors (Lipinski definition) is 0. The van der Waals surface area contributed by atoms with Gasteiger partial charge in [-0.3, -0.25) is 0 Å². The lowest BCUT2D eigenvalue weighted by Gasteiger charge is -2.16. The number of rotatable bonds is 5. The Labute approximate surface area is 143 Å². The molecule has 1 aromatic carbocycles. The maximum Gasteiger partial charge on any atom is 0.265 e. The maximum atomic E-state index is 13.0. The summed E-state index contributed by atoms with van der Waals surface area (Å²) in [6.07, 6.45) is 2.40. The van der Waals surface area contributed by atoms with Crippen LogP contribution < -0.4 is 4.74 Å². The first kappa shape index (κ1) is 16.5. The van der Waals surface area contributed by atoms with E-state index in [1.807, 2.05) is 17.2 Å². The number of aromatic nitrogens is 1. The zero-order valence-corrected chi connectivity index (χ0v) is 13.6. The molecular formula is C17H15ClF2N2O2. The summed E-state index contributed by atoms with van der Waals surface area (Å²) < 4.78 is 36.5. The minimum atomic E-state index is -2.63. The predicted octanol–water partition coefficient (Wildman–Crippen LogP) is 4.61. The number of pyridine rings is 1. The van der Waals surface area contributed by atoms with Gasteiger partial charge in [0.2, 0.25) is 5.88 Å². The van der Waals surface area contributed by atoms with Gasteiger partial charge < -0.3 is 14.4 Å². The Morgan fingerprint density at radius 2 is 2.17 bits per heavy atom. The molecule has 24 heavy (non-hydrogen) atoms. The molecule has 2 aromatic rings. The molecule has 0 saturated heterocycles. The summed E-state index contributed by atoms with van der Waals surface area (Å²) in [6, 6.07) is 6.43. The molecule has 1 aromatic heterocycles. The minimum Gasteiger partial charge on any atom is -0.481 e. The molecule has 0 radical (unpaired) electrons. The van der Waals surface area contributed by atoms with E-state index in [9.17, 15) is 8.78 Å². The van der Waals surface area contributed by atoms with E-state index >= 15 is 0 Å². The van der Waals surface area contributed by atoms with Crippen LogP contribution in [0.4, 0.5) is 8.78 Å². The average molecular weight is 353 g/mol. The van der Waals surface area contributed by atoms with Crippen LogP contribution in [0.25, 0.3) is 11.1 Å². The van der Waals surface area contributed by atoms with Crippen molar-refractivity contribution in [3.05, 3.63) is 59.1 Å². The summed E-state index contributed by atoms with van der Waals surface area (Å²) >= 11 is 5.83. The van der Waals surface area contributed by atoms with Crippen LogP contribution in [0, 0.1) is 0 Å². The van der Waals surface area contributed by atoms with Crippen LogP contribution >= 0.6 is 11.6 Å². The summed E-state index contributed by atoms with van der Waals surface area (Å²) in [5.41, 5.74) is 1.98. The first-order valence-electron chi connectivity index (χ1n) is 7.21. The van der Waals surface area contributed by atoms with Gasteiger partial charge in [0, 0.05) is 34.1 Å². The summed E-state index contributed by atoms with van der Waals surface area (Å²) in [5, 5.41) is 0.0507. The third-order valence-electron chi connectivity index (χ3n) is 3.66. The van der Waals surface area contributed by atoms with Crippen LogP contribution in [0.5, 0.6) is 5.88 Å². The molecule has 0 spiro atoms. The van der Waals surface area contributed by atoms with E-state index in [4.69, 9.17) is 21.1 Å². The van der Waals surface area contributed by atoms with Crippen molar-refractivity contribution in [3.63, 3.8) is 0 Å². The number of methoxy groups -OCH3 is 1. The van der Waals surface area contributed by atoms with Crippen LogP contribution in [-0.2, 0) is 11.3 Å². The third-order valence-corrected chi connectivity index (χ3v) is 4.01. The van der Waals surface area contributed by atoms with E-state index in [1.165, 1.54) is 12.1 Å². The highest BCUT2D eigenvalue weighted by Gasteiger charge is 2.16. The van der Waals surface area contributed by atoms with Crippen molar-refractivity contribution in [1.82, 2.24) is 9.88 Å². The highest BCUT2D eigenvalue weighted by molar-refractivity contribution is 6.31. The molecule has 0 aliphatic carbocycles. The first-order valence-corrected chi connectivity index (χ1v) is 7.59. The summed E-state index contributed by atoms with van der Waals surface area (Å²) in [5.74, 6) is 0.488. The molecule has 0 unspecified atom stereocenters. The van der Waals surface area contributed by atoms with Gasteiger partial charge in [0.25, 0.3) is 6.43 Å². The van der Waals surface area contributed by atoms with Crippen LogP contribution in [0.1, 0.15) is 17.6 Å². The molecule has 2 heterocycles. The van der Waals surface area contributed by atoms with Crippen LogP contribution in [-0.4, -0.2) is 23.7 Å². The molecule has 1 aliphatic rings. The number of alkyl halides is 2. The van der Waals surface area contributed by atoms with Crippen molar-refractivity contribution in [1.29, 1.82) is 0 Å². The third kappa shape index (κ3) is 3.43. The Morgan fingerprint density at radius 1 is 1.33 bits per heavy atom. The molecule has 0 N–H and O–H groups in total. The standard InChI is InChI=1S/C17H15ClF2N2O2/c1-23-17-13(9-22-4-5-24-10-22)6-12(8-21-17)11-2-3-15(18)14(7-11)16(19)20/h2-8,16H,9-10H2,1H3. The van der Waals surface area contributed by atoms with Crippen molar-refractivity contribution >= 4 is 11.6 Å². The molecule has 0 bridgehead atoms. The summed E-state index contributed by atoms with van der Waals surface area (Å²) in [7, 11) is 1.54. The molecule has 0 atom stereocenters. The molecule has 0 saturated carbocycles. The number of benzene rings is 1. The van der Waals surface area contributed by atoms with Gasteiger partial charge in [-0.05, 0) is 23.8 Å². The zero-order chi connectivity index (χ0) is 17.1. The van der Waals surface area contributed by atoms with Gasteiger partial charge >= 0.3 is 0 Å². The average Bonchev–Trinajstić information content (AvgIpc) is 3.08. The largest absolute Gasteiger partial charge is 0.481 e. The molecule has 4 nitrogen and oxygen atoms in total. The molecule has 7 heteroatoms. The summed E-state index contributed by atoms with van der Waals surface area (Å²) in [4.78, 5) is 6.22. The monoisotopic (exact) mass is 352 g/mol. The Kier molecular flexibility index (Phi) is 4.85. The van der Waals surface area contributed by atoms with Gasteiger partial charge in [-0.2, -0.15) is 0 Å². The lowest BCUT2D eigenvalue weighted by molar-refractivity contribution is 0.151. The topological polar surface area (TPSA) is 34.6 Å². The maximum absolute atomic E-state index is 13.0. The lowest BCUT2D eigenvalue weighted by atomic mass is 10.0. The molecular weight excluding hydrogens is 338 g/mol. The van der Waals surface area contributed by atoms with Gasteiger partial charge in [-0.1, -0.05) is 17.7 Å². The molecule has 1 aliphatic heterocycles. The van der Waals surface area contributed by atoms with Gasteiger partial charge in [0.15, 0.2) is 6.73 Å². The molecule has 0 amide bonds. The van der Waals surface area contributed by atoms with E-state index in [2.05, 4.69) is 4.98 Å². The fraction of sp³-hybridized carbons (Fsp3) is 0.235. The molecule has 126 valence electrons. The van der Waals surface area contributed by atoms with E-state index in [0.29, 0.717) is 30.3 Å². The van der Waals surface area contributed by atoms with E-state index in [1.54, 1.807) is 25.6 Å². The van der Waals surface area contributed by atoms with Crippen LogP contribution in [0.15, 0.2) is 42.9 Å². The molecule has 3 rings (SSSR count). The van der Waals surface area contributed by atoms with Crippen molar-refractivity contribution < 1.29 is 18.3 Å². The van der Waals surface area contributed by atoms with E-state index in [-0.39, 0.29) is 10.6 Å². The molecule has 0 fully saturated rings. The zero-order valence-electron chi connectivity index (χ0n) is 12.9. The number of hydrogen-bond acceptors (Lipinski definition) is 4. The van der Waals surface area contributed by atoms with Gasteiger partial charge in [-0.25, -0.2) is 13.8 Å². The minimum absolute atomic E-state index is 0.0507. The lowest BCUT2D eigenvalue weighted by Crippen LogP contribution is -2.15. The van der Waals surface area contributed by atoms with Crippen molar-refractivity contribution in [2.45, 2.75) is 13.0 Å². The van der Waals surface area contributed by atoms with Gasteiger partial charge in [-0.15, -0.1) is 0 Å². The Hall–Kier alpha value is -2.34. The second-order valence-electron chi connectivity index (χ2n) is 5.26. The summed E-state index contributed by atoms with van der Waals surface area (Å²) in [6.45, 7) is 0.986. The van der Waals surface area contributed by atoms with Crippen molar-refractivity contribution in [2.24, 2.45) is 0 Å². The number of nitrogens with zero attached hydrogens (tertiary/aromatic N) is 2. The van der Waals surface area contributed by atoms with Crippen molar-refractivity contribution in [2.75, 3.05) is 13.8 Å². The van der Waals surface area contributed by atoms with Gasteiger partial charge in [0.05, 0.1) is 13.7 Å². The highest BCUT2D eigenvalue weighted by Crippen LogP contribution is 2.33. The van der Waals surface area contributed by atoms with E-state index in [0.717, 1.165) is 5.56 Å². The smallest absolute Gasteiger partial charge is 0.265 e. The van der Waals surface area contributed by atoms with E-state index < -0.39 is 6.43 Å². The second kappa shape index (κ2) is 7.05. The van der Waals surface area contributed by atoms with Crippen LogP contribution in [0.3, 0.4) is 0 Å². The normalized spacial score (nSPS) is 13.5. The Bertz CT molecular complexity index is 768. The van der Waals surface area contributed by atoms with Gasteiger partial charge in [0.1, 0.15) is 6.26 Å². The number of ether oxygens (including phenoxy) is 2. The number of halogens is 3. The van der Waals surface area contributed by atoms with Crippen molar-refractivity contribution in [3.8, 4) is 17.0 Å². The van der Waals surface area contributed by atoms with Crippen LogP contribution in [0.2, 0.25) is 5.02 Å². The predicted molar refractivity (Wildman–Crippen MR) is 86.8 cm³/mol. The Balaban J connectivity index is 1.96. The fourth-order valence-electron chi connectivity index (χ4n) is 2.47. The fourth-order valence-corrected chi connectivity index (χ4v) is 2.67. The quantitative estimate of drug-likeness (QED) is 0.787. The second-order valence-corrected chi connectivity index (χ2v) is 5.66. The SMILES string of the molecule is COc1ncc(-c2ccc(Cl)c(C(F)F)c2)cc1CN1C=COC1. The first-order chi connectivity index (χ1) is 11.6. The Morgan fingerprint density at radius 3 is 2.83 bits per heavy atom.